The molecule has 3 rings (SSSR count). The molecule has 0 aliphatic rings. The van der Waals surface area contributed by atoms with E-state index in [4.69, 9.17) is 9.47 Å². The number of anilines is 1. The highest BCUT2D eigenvalue weighted by atomic mass is 79.9. The third kappa shape index (κ3) is 4.43. The van der Waals surface area contributed by atoms with E-state index in [0.717, 1.165) is 10.0 Å². The van der Waals surface area contributed by atoms with Gasteiger partial charge in [-0.05, 0) is 48.9 Å². The van der Waals surface area contributed by atoms with Gasteiger partial charge in [-0.25, -0.2) is 4.79 Å². The second-order valence-corrected chi connectivity index (χ2v) is 7.56. The quantitative estimate of drug-likeness (QED) is 0.486. The normalized spacial score (nSPS) is 10.4. The summed E-state index contributed by atoms with van der Waals surface area (Å²) in [5.74, 6) is -0.110. The van der Waals surface area contributed by atoms with Crippen LogP contribution in [0.5, 0.6) is 5.75 Å². The zero-order chi connectivity index (χ0) is 20.1. The number of carbonyl (C=O) groups excluding carboxylic acids is 2. The van der Waals surface area contributed by atoms with Gasteiger partial charge in [0.05, 0.1) is 13.7 Å². The van der Waals surface area contributed by atoms with Crippen molar-refractivity contribution in [3.63, 3.8) is 0 Å². The SMILES string of the molecule is CCOc1ccc(C(=O)Nc2scc(-c3ccc(Br)cc3)c2C(=O)OC)cc1. The molecule has 1 aromatic heterocycles. The summed E-state index contributed by atoms with van der Waals surface area (Å²) in [5, 5.41) is 5.11. The molecule has 0 unspecified atom stereocenters. The lowest BCUT2D eigenvalue weighted by Gasteiger charge is -2.09. The fraction of sp³-hybridized carbons (Fsp3) is 0.143. The first-order valence-electron chi connectivity index (χ1n) is 8.53. The first kappa shape index (κ1) is 20.1. The van der Waals surface area contributed by atoms with E-state index in [2.05, 4.69) is 21.2 Å². The van der Waals surface area contributed by atoms with Crippen molar-refractivity contribution >= 4 is 44.1 Å². The summed E-state index contributed by atoms with van der Waals surface area (Å²) in [6.07, 6.45) is 0. The Morgan fingerprint density at radius 2 is 1.75 bits per heavy atom. The minimum absolute atomic E-state index is 0.308. The lowest BCUT2D eigenvalue weighted by atomic mass is 10.0. The van der Waals surface area contributed by atoms with Crippen molar-refractivity contribution in [2.24, 2.45) is 0 Å². The van der Waals surface area contributed by atoms with E-state index in [1.807, 2.05) is 36.6 Å². The van der Waals surface area contributed by atoms with Gasteiger partial charge in [-0.2, -0.15) is 0 Å². The van der Waals surface area contributed by atoms with Gasteiger partial charge in [0.1, 0.15) is 16.3 Å². The zero-order valence-electron chi connectivity index (χ0n) is 15.3. The van der Waals surface area contributed by atoms with Gasteiger partial charge in [0.25, 0.3) is 5.91 Å². The molecule has 3 aromatic rings. The Hall–Kier alpha value is -2.64. The molecule has 0 aliphatic carbocycles. The molecule has 0 aliphatic heterocycles. The predicted octanol–water partition coefficient (Wildman–Crippen LogP) is 5.62. The van der Waals surface area contributed by atoms with Crippen LogP contribution in [0.25, 0.3) is 11.1 Å². The monoisotopic (exact) mass is 459 g/mol. The number of methoxy groups -OCH3 is 1. The van der Waals surface area contributed by atoms with Crippen LogP contribution in [0.1, 0.15) is 27.6 Å². The summed E-state index contributed by atoms with van der Waals surface area (Å²) in [4.78, 5) is 25.0. The molecule has 0 fully saturated rings. The number of esters is 1. The smallest absolute Gasteiger partial charge is 0.341 e. The molecule has 0 spiro atoms. The number of nitrogens with one attached hydrogen (secondary N) is 1. The Kier molecular flexibility index (Phi) is 6.49. The second-order valence-electron chi connectivity index (χ2n) is 5.76. The Labute approximate surface area is 175 Å². The predicted molar refractivity (Wildman–Crippen MR) is 114 cm³/mol. The Morgan fingerprint density at radius 3 is 2.36 bits per heavy atom. The van der Waals surface area contributed by atoms with E-state index in [9.17, 15) is 9.59 Å². The van der Waals surface area contributed by atoms with E-state index >= 15 is 0 Å². The molecule has 1 N–H and O–H groups in total. The summed E-state index contributed by atoms with van der Waals surface area (Å²) in [7, 11) is 1.32. The minimum Gasteiger partial charge on any atom is -0.494 e. The number of hydrogen-bond acceptors (Lipinski definition) is 5. The average molecular weight is 460 g/mol. The highest BCUT2D eigenvalue weighted by Gasteiger charge is 2.22. The van der Waals surface area contributed by atoms with E-state index in [-0.39, 0.29) is 5.91 Å². The number of rotatable bonds is 6. The molecular weight excluding hydrogens is 442 g/mol. The number of ether oxygens (including phenoxy) is 2. The maximum absolute atomic E-state index is 12.6. The molecule has 0 radical (unpaired) electrons. The van der Waals surface area contributed by atoms with Crippen LogP contribution < -0.4 is 10.1 Å². The van der Waals surface area contributed by atoms with Crippen LogP contribution in [0.3, 0.4) is 0 Å². The van der Waals surface area contributed by atoms with Crippen LogP contribution in [0.15, 0.2) is 58.4 Å². The zero-order valence-corrected chi connectivity index (χ0v) is 17.7. The summed E-state index contributed by atoms with van der Waals surface area (Å²) < 4.78 is 11.3. The standard InChI is InChI=1S/C21H18BrNO4S/c1-3-27-16-10-6-14(7-11-16)19(24)23-20-18(21(25)26-2)17(12-28-20)13-4-8-15(22)9-5-13/h4-12H,3H2,1-2H3,(H,23,24). The number of thiophene rings is 1. The molecule has 144 valence electrons. The van der Waals surface area contributed by atoms with Crippen LogP contribution >= 0.6 is 27.3 Å². The summed E-state index contributed by atoms with van der Waals surface area (Å²) in [5.41, 5.74) is 2.39. The highest BCUT2D eigenvalue weighted by molar-refractivity contribution is 9.10. The first-order valence-corrected chi connectivity index (χ1v) is 10.2. The number of hydrogen-bond donors (Lipinski definition) is 1. The van der Waals surface area contributed by atoms with Crippen molar-refractivity contribution in [3.05, 3.63) is 69.5 Å². The maximum Gasteiger partial charge on any atom is 0.341 e. The van der Waals surface area contributed by atoms with Crippen molar-refractivity contribution in [2.75, 3.05) is 19.0 Å². The highest BCUT2D eigenvalue weighted by Crippen LogP contribution is 2.36. The number of amides is 1. The summed E-state index contributed by atoms with van der Waals surface area (Å²) in [6.45, 7) is 2.46. The topological polar surface area (TPSA) is 64.6 Å². The third-order valence-electron chi connectivity index (χ3n) is 3.99. The van der Waals surface area contributed by atoms with Crippen LogP contribution in [0.4, 0.5) is 5.00 Å². The molecule has 2 aromatic carbocycles. The molecule has 28 heavy (non-hydrogen) atoms. The van der Waals surface area contributed by atoms with Gasteiger partial charge in [0.15, 0.2) is 0 Å². The van der Waals surface area contributed by atoms with Crippen molar-refractivity contribution in [1.29, 1.82) is 0 Å². The van der Waals surface area contributed by atoms with Crippen LogP contribution in [0.2, 0.25) is 0 Å². The summed E-state index contributed by atoms with van der Waals surface area (Å²) >= 11 is 4.69. The van der Waals surface area contributed by atoms with Gasteiger partial charge in [0, 0.05) is 21.0 Å². The fourth-order valence-electron chi connectivity index (χ4n) is 2.64. The molecule has 5 nitrogen and oxygen atoms in total. The summed E-state index contributed by atoms with van der Waals surface area (Å²) in [6, 6.07) is 14.4. The van der Waals surface area contributed by atoms with E-state index in [1.165, 1.54) is 18.4 Å². The maximum atomic E-state index is 12.6. The molecule has 0 saturated heterocycles. The van der Waals surface area contributed by atoms with Gasteiger partial charge in [-0.1, -0.05) is 28.1 Å². The Bertz CT molecular complexity index is 981. The van der Waals surface area contributed by atoms with E-state index < -0.39 is 5.97 Å². The Morgan fingerprint density at radius 1 is 1.07 bits per heavy atom. The fourth-order valence-corrected chi connectivity index (χ4v) is 3.86. The molecule has 1 heterocycles. The van der Waals surface area contributed by atoms with Crippen LogP contribution in [-0.2, 0) is 4.74 Å². The molecule has 0 saturated carbocycles. The van der Waals surface area contributed by atoms with E-state index in [0.29, 0.717) is 34.0 Å². The van der Waals surface area contributed by atoms with Crippen LogP contribution in [-0.4, -0.2) is 25.6 Å². The van der Waals surface area contributed by atoms with Gasteiger partial charge >= 0.3 is 5.97 Å². The lowest BCUT2D eigenvalue weighted by molar-refractivity contribution is 0.0603. The third-order valence-corrected chi connectivity index (χ3v) is 5.41. The largest absolute Gasteiger partial charge is 0.494 e. The second kappa shape index (κ2) is 9.03. The molecular formula is C21H18BrNO4S. The number of carbonyl (C=O) groups is 2. The number of halogens is 1. The van der Waals surface area contributed by atoms with Gasteiger partial charge in [0.2, 0.25) is 0 Å². The van der Waals surface area contributed by atoms with Crippen molar-refractivity contribution in [2.45, 2.75) is 6.92 Å². The lowest BCUT2D eigenvalue weighted by Crippen LogP contribution is -2.14. The van der Waals surface area contributed by atoms with E-state index in [1.54, 1.807) is 24.3 Å². The number of benzene rings is 2. The van der Waals surface area contributed by atoms with Crippen molar-refractivity contribution in [1.82, 2.24) is 0 Å². The van der Waals surface area contributed by atoms with Gasteiger partial charge in [-0.15, -0.1) is 11.3 Å². The average Bonchev–Trinajstić information content (AvgIpc) is 3.12. The molecule has 1 amide bonds. The Balaban J connectivity index is 1.90. The molecule has 7 heteroatoms. The molecule has 0 bridgehead atoms. The van der Waals surface area contributed by atoms with Crippen molar-refractivity contribution < 1.29 is 19.1 Å². The minimum atomic E-state index is -0.499. The van der Waals surface area contributed by atoms with Crippen LogP contribution in [0, 0.1) is 0 Å². The molecule has 0 atom stereocenters. The van der Waals surface area contributed by atoms with Crippen molar-refractivity contribution in [3.8, 4) is 16.9 Å². The van der Waals surface area contributed by atoms with Gasteiger partial charge in [-0.3, -0.25) is 4.79 Å². The first-order chi connectivity index (χ1) is 13.5. The van der Waals surface area contributed by atoms with Gasteiger partial charge < -0.3 is 14.8 Å².